The number of hydrogen-bond acceptors (Lipinski definition) is 4. The summed E-state index contributed by atoms with van der Waals surface area (Å²) in [5.41, 5.74) is 12.5. The van der Waals surface area contributed by atoms with Crippen molar-refractivity contribution in [2.45, 2.75) is 6.92 Å². The molecule has 0 saturated heterocycles. The minimum Gasteiger partial charge on any atom is -0.398 e. The minimum absolute atomic E-state index is 0.128. The highest BCUT2D eigenvalue weighted by atomic mass is 16.1. The molecule has 1 aromatic heterocycles. The van der Waals surface area contributed by atoms with Gasteiger partial charge in [0, 0.05) is 17.4 Å². The van der Waals surface area contributed by atoms with E-state index in [2.05, 4.69) is 5.10 Å². The third-order valence-corrected chi connectivity index (χ3v) is 2.52. The zero-order valence-electron chi connectivity index (χ0n) is 9.75. The molecule has 4 N–H and O–H groups in total. The van der Waals surface area contributed by atoms with E-state index in [1.54, 1.807) is 24.4 Å². The van der Waals surface area contributed by atoms with Crippen LogP contribution in [-0.2, 0) is 0 Å². The Balaban J connectivity index is 2.47. The van der Waals surface area contributed by atoms with E-state index >= 15 is 0 Å². The summed E-state index contributed by atoms with van der Waals surface area (Å²) in [6.45, 7) is 1.44. The highest BCUT2D eigenvalue weighted by Crippen LogP contribution is 2.17. The van der Waals surface area contributed by atoms with Gasteiger partial charge in [-0.15, -0.1) is 0 Å². The third kappa shape index (κ3) is 2.08. The van der Waals surface area contributed by atoms with Crippen LogP contribution >= 0.6 is 0 Å². The minimum atomic E-state index is -0.601. The molecule has 0 atom stereocenters. The van der Waals surface area contributed by atoms with Crippen LogP contribution in [0.2, 0.25) is 0 Å². The van der Waals surface area contributed by atoms with Crippen molar-refractivity contribution in [1.82, 2.24) is 9.78 Å². The number of hydrogen-bond donors (Lipinski definition) is 2. The maximum atomic E-state index is 11.4. The molecule has 18 heavy (non-hydrogen) atoms. The molecule has 0 fully saturated rings. The Bertz CT molecular complexity index is 631. The van der Waals surface area contributed by atoms with Gasteiger partial charge in [-0.25, -0.2) is 4.68 Å². The third-order valence-electron chi connectivity index (χ3n) is 2.52. The average molecular weight is 244 g/mol. The summed E-state index contributed by atoms with van der Waals surface area (Å²) in [5, 5.41) is 4.00. The Labute approximate surface area is 103 Å². The molecule has 0 bridgehead atoms. The number of nitrogen functional groups attached to an aromatic ring is 1. The van der Waals surface area contributed by atoms with Crippen molar-refractivity contribution >= 4 is 17.4 Å². The molecule has 6 heteroatoms. The molecular weight excluding hydrogens is 232 g/mol. The SMILES string of the molecule is CC(=O)c1cc(-n2ccc(C(N)=O)n2)ccc1N. The van der Waals surface area contributed by atoms with Gasteiger partial charge in [-0.1, -0.05) is 0 Å². The zero-order chi connectivity index (χ0) is 13.3. The maximum Gasteiger partial charge on any atom is 0.269 e. The first-order valence-corrected chi connectivity index (χ1v) is 5.25. The molecule has 0 aliphatic heterocycles. The normalized spacial score (nSPS) is 10.3. The Morgan fingerprint density at radius 2 is 2.00 bits per heavy atom. The fourth-order valence-corrected chi connectivity index (χ4v) is 1.59. The van der Waals surface area contributed by atoms with E-state index < -0.39 is 5.91 Å². The van der Waals surface area contributed by atoms with Gasteiger partial charge in [-0.2, -0.15) is 5.10 Å². The number of primary amides is 1. The van der Waals surface area contributed by atoms with Gasteiger partial charge in [-0.05, 0) is 31.2 Å². The highest BCUT2D eigenvalue weighted by molar-refractivity contribution is 5.99. The molecular formula is C12H12N4O2. The lowest BCUT2D eigenvalue weighted by atomic mass is 10.1. The number of carbonyl (C=O) groups is 2. The van der Waals surface area contributed by atoms with Crippen LogP contribution in [0.4, 0.5) is 5.69 Å². The molecule has 0 radical (unpaired) electrons. The van der Waals surface area contributed by atoms with Crippen LogP contribution in [0.3, 0.4) is 0 Å². The standard InChI is InChI=1S/C12H12N4O2/c1-7(17)9-6-8(2-3-10(9)13)16-5-4-11(15-16)12(14)18/h2-6H,13H2,1H3,(H2,14,18). The van der Waals surface area contributed by atoms with E-state index in [9.17, 15) is 9.59 Å². The van der Waals surface area contributed by atoms with Crippen LogP contribution in [0, 0.1) is 0 Å². The van der Waals surface area contributed by atoms with Crippen molar-refractivity contribution in [3.63, 3.8) is 0 Å². The van der Waals surface area contributed by atoms with Crippen LogP contribution < -0.4 is 11.5 Å². The number of carbonyl (C=O) groups excluding carboxylic acids is 2. The fraction of sp³-hybridized carbons (Fsp3) is 0.0833. The lowest BCUT2D eigenvalue weighted by molar-refractivity contribution is 0.0991. The topological polar surface area (TPSA) is 104 Å². The quantitative estimate of drug-likeness (QED) is 0.614. The second kappa shape index (κ2) is 4.33. The van der Waals surface area contributed by atoms with Crippen molar-refractivity contribution in [3.8, 4) is 5.69 Å². The molecule has 0 saturated carbocycles. The summed E-state index contributed by atoms with van der Waals surface area (Å²) in [4.78, 5) is 22.3. The molecule has 1 amide bonds. The number of nitrogens with zero attached hydrogens (tertiary/aromatic N) is 2. The number of amides is 1. The Hall–Kier alpha value is -2.63. The zero-order valence-corrected chi connectivity index (χ0v) is 9.75. The molecule has 0 aliphatic rings. The van der Waals surface area contributed by atoms with Crippen LogP contribution in [0.25, 0.3) is 5.69 Å². The molecule has 2 rings (SSSR count). The van der Waals surface area contributed by atoms with Gasteiger partial charge in [0.15, 0.2) is 5.78 Å². The Kier molecular flexibility index (Phi) is 2.85. The van der Waals surface area contributed by atoms with Crippen molar-refractivity contribution in [2.75, 3.05) is 5.73 Å². The van der Waals surface area contributed by atoms with Crippen LogP contribution in [0.15, 0.2) is 30.5 Å². The molecule has 2 aromatic rings. The molecule has 0 spiro atoms. The van der Waals surface area contributed by atoms with E-state index in [4.69, 9.17) is 11.5 Å². The summed E-state index contributed by atoms with van der Waals surface area (Å²) in [6, 6.07) is 6.46. The van der Waals surface area contributed by atoms with Gasteiger partial charge >= 0.3 is 0 Å². The van der Waals surface area contributed by atoms with Crippen molar-refractivity contribution in [3.05, 3.63) is 41.7 Å². The molecule has 92 valence electrons. The number of Topliss-reactive ketones (excluding diaryl/α,β-unsaturated/α-hetero) is 1. The van der Waals surface area contributed by atoms with Gasteiger partial charge in [0.2, 0.25) is 0 Å². The van der Waals surface area contributed by atoms with Gasteiger partial charge in [0.1, 0.15) is 5.69 Å². The monoisotopic (exact) mass is 244 g/mol. The van der Waals surface area contributed by atoms with Gasteiger partial charge in [-0.3, -0.25) is 9.59 Å². The number of rotatable bonds is 3. The first-order valence-electron chi connectivity index (χ1n) is 5.25. The molecule has 6 nitrogen and oxygen atoms in total. The van der Waals surface area contributed by atoms with Crippen molar-refractivity contribution in [2.24, 2.45) is 5.73 Å². The summed E-state index contributed by atoms with van der Waals surface area (Å²) in [7, 11) is 0. The summed E-state index contributed by atoms with van der Waals surface area (Å²) in [5.74, 6) is -0.729. The first kappa shape index (κ1) is 11.8. The van der Waals surface area contributed by atoms with Gasteiger partial charge in [0.05, 0.1) is 5.69 Å². The Morgan fingerprint density at radius 3 is 2.56 bits per heavy atom. The lowest BCUT2D eigenvalue weighted by Gasteiger charge is -2.06. The lowest BCUT2D eigenvalue weighted by Crippen LogP contribution is -2.12. The fourth-order valence-electron chi connectivity index (χ4n) is 1.59. The van der Waals surface area contributed by atoms with Crippen LogP contribution in [-0.4, -0.2) is 21.5 Å². The maximum absolute atomic E-state index is 11.4. The van der Waals surface area contributed by atoms with Crippen LogP contribution in [0.1, 0.15) is 27.8 Å². The molecule has 1 aromatic carbocycles. The molecule has 0 aliphatic carbocycles. The smallest absolute Gasteiger partial charge is 0.269 e. The van der Waals surface area contributed by atoms with Gasteiger partial charge in [0.25, 0.3) is 5.91 Å². The second-order valence-electron chi connectivity index (χ2n) is 3.84. The first-order chi connectivity index (χ1) is 8.49. The summed E-state index contributed by atoms with van der Waals surface area (Å²) in [6.07, 6.45) is 1.59. The molecule has 0 unspecified atom stereocenters. The van der Waals surface area contributed by atoms with E-state index in [0.29, 0.717) is 16.9 Å². The van der Waals surface area contributed by atoms with E-state index in [0.717, 1.165) is 0 Å². The summed E-state index contributed by atoms with van der Waals surface area (Å²) < 4.78 is 1.46. The van der Waals surface area contributed by atoms with Crippen molar-refractivity contribution in [1.29, 1.82) is 0 Å². The van der Waals surface area contributed by atoms with Crippen molar-refractivity contribution < 1.29 is 9.59 Å². The summed E-state index contributed by atoms with van der Waals surface area (Å²) >= 11 is 0. The molecule has 1 heterocycles. The number of anilines is 1. The second-order valence-corrected chi connectivity index (χ2v) is 3.84. The van der Waals surface area contributed by atoms with Crippen LogP contribution in [0.5, 0.6) is 0 Å². The number of ketones is 1. The van der Waals surface area contributed by atoms with Gasteiger partial charge < -0.3 is 11.5 Å². The predicted octanol–water partition coefficient (Wildman–Crippen LogP) is 0.756. The number of benzene rings is 1. The predicted molar refractivity (Wildman–Crippen MR) is 66.5 cm³/mol. The van der Waals surface area contributed by atoms with E-state index in [1.807, 2.05) is 0 Å². The van der Waals surface area contributed by atoms with E-state index in [-0.39, 0.29) is 11.5 Å². The highest BCUT2D eigenvalue weighted by Gasteiger charge is 2.09. The number of nitrogens with two attached hydrogens (primary N) is 2. The Morgan fingerprint density at radius 1 is 1.28 bits per heavy atom. The largest absolute Gasteiger partial charge is 0.398 e. The average Bonchev–Trinajstić information content (AvgIpc) is 2.78. The number of aromatic nitrogens is 2. The van der Waals surface area contributed by atoms with E-state index in [1.165, 1.54) is 17.7 Å².